The van der Waals surface area contributed by atoms with E-state index in [1.165, 1.54) is 12.1 Å². The predicted octanol–water partition coefficient (Wildman–Crippen LogP) is 5.13. The normalized spacial score (nSPS) is 12.2. The summed E-state index contributed by atoms with van der Waals surface area (Å²) in [7, 11) is 0. The van der Waals surface area contributed by atoms with E-state index < -0.39 is 17.4 Å². The first-order chi connectivity index (χ1) is 12.2. The van der Waals surface area contributed by atoms with Crippen LogP contribution >= 0.6 is 0 Å². The molecule has 0 heterocycles. The summed E-state index contributed by atoms with van der Waals surface area (Å²) >= 11 is 0. The lowest BCUT2D eigenvalue weighted by Gasteiger charge is -2.37. The Labute approximate surface area is 147 Å². The molecule has 6 heteroatoms. The van der Waals surface area contributed by atoms with Crippen molar-refractivity contribution in [2.75, 3.05) is 0 Å². The van der Waals surface area contributed by atoms with Crippen LogP contribution in [0.1, 0.15) is 16.7 Å². The molecule has 134 valence electrons. The lowest BCUT2D eigenvalue weighted by molar-refractivity contribution is -0.166. The second-order valence-electron chi connectivity index (χ2n) is 5.85. The van der Waals surface area contributed by atoms with Crippen molar-refractivity contribution < 1.29 is 27.8 Å². The van der Waals surface area contributed by atoms with Gasteiger partial charge in [-0.15, -0.1) is 0 Å². The van der Waals surface area contributed by atoms with Gasteiger partial charge < -0.3 is 10.2 Å². The van der Waals surface area contributed by atoms with Gasteiger partial charge in [-0.05, 0) is 53.1 Å². The Balaban J connectivity index is 2.42. The molecule has 3 aromatic rings. The van der Waals surface area contributed by atoms with E-state index in [9.17, 15) is 27.8 Å². The Kier molecular flexibility index (Phi) is 4.36. The largest absolute Gasteiger partial charge is 0.508 e. The van der Waals surface area contributed by atoms with E-state index in [4.69, 9.17) is 0 Å². The molecule has 0 fully saturated rings. The second-order valence-corrected chi connectivity index (χ2v) is 5.85. The highest BCUT2D eigenvalue weighted by Crippen LogP contribution is 2.51. The van der Waals surface area contributed by atoms with Crippen LogP contribution < -0.4 is 0 Å². The summed E-state index contributed by atoms with van der Waals surface area (Å²) in [5.74, 6) is -1.17. The molecule has 0 radical (unpaired) electrons. The van der Waals surface area contributed by atoms with Crippen LogP contribution in [0.15, 0.2) is 72.8 Å². The van der Waals surface area contributed by atoms with Crippen molar-refractivity contribution in [2.24, 2.45) is 0 Å². The van der Waals surface area contributed by atoms with Crippen LogP contribution in [0.2, 0.25) is 0 Å². The minimum absolute atomic E-state index is 0.181. The Bertz CT molecular complexity index is 855. The zero-order valence-corrected chi connectivity index (χ0v) is 13.3. The minimum atomic E-state index is -4.82. The number of alkyl halides is 3. The van der Waals surface area contributed by atoms with Gasteiger partial charge in [-0.1, -0.05) is 36.4 Å². The van der Waals surface area contributed by atoms with Crippen LogP contribution in [0, 0.1) is 5.82 Å². The van der Waals surface area contributed by atoms with Crippen molar-refractivity contribution in [3.63, 3.8) is 0 Å². The molecule has 0 aliphatic rings. The standard InChI is InChI=1S/C20H14F4O2/c21-16-3-1-2-15(12-16)19(20(22,23)24,13-4-8-17(25)9-5-13)14-6-10-18(26)11-7-14/h1-12,25-26H. The molecule has 0 aliphatic carbocycles. The smallest absolute Gasteiger partial charge is 0.406 e. The molecule has 0 saturated carbocycles. The Morgan fingerprint density at radius 3 is 1.46 bits per heavy atom. The summed E-state index contributed by atoms with van der Waals surface area (Å²) < 4.78 is 57.4. The highest BCUT2D eigenvalue weighted by Gasteiger charge is 2.58. The van der Waals surface area contributed by atoms with E-state index in [-0.39, 0.29) is 28.2 Å². The third-order valence-electron chi connectivity index (χ3n) is 4.28. The number of hydrogen-bond acceptors (Lipinski definition) is 2. The predicted molar refractivity (Wildman–Crippen MR) is 88.6 cm³/mol. The molecule has 2 nitrogen and oxygen atoms in total. The van der Waals surface area contributed by atoms with Crippen molar-refractivity contribution >= 4 is 0 Å². The van der Waals surface area contributed by atoms with E-state index in [1.54, 1.807) is 0 Å². The maximum Gasteiger partial charge on any atom is 0.406 e. The Hall–Kier alpha value is -3.02. The van der Waals surface area contributed by atoms with Gasteiger partial charge in [0, 0.05) is 0 Å². The molecule has 0 spiro atoms. The molecule has 0 atom stereocenters. The monoisotopic (exact) mass is 362 g/mol. The number of aromatic hydroxyl groups is 2. The zero-order chi connectivity index (χ0) is 18.9. The maximum atomic E-state index is 14.5. The molecular weight excluding hydrogens is 348 g/mol. The molecule has 0 amide bonds. The Morgan fingerprint density at radius 1 is 0.615 bits per heavy atom. The van der Waals surface area contributed by atoms with Crippen LogP contribution in [-0.4, -0.2) is 16.4 Å². The number of benzene rings is 3. The molecule has 0 aromatic heterocycles. The third kappa shape index (κ3) is 2.87. The highest BCUT2D eigenvalue weighted by molar-refractivity contribution is 5.54. The topological polar surface area (TPSA) is 40.5 Å². The molecule has 3 rings (SSSR count). The Morgan fingerprint density at radius 2 is 1.08 bits per heavy atom. The van der Waals surface area contributed by atoms with Gasteiger partial charge in [-0.2, -0.15) is 13.2 Å². The van der Waals surface area contributed by atoms with Gasteiger partial charge in [0.2, 0.25) is 0 Å². The molecule has 3 aromatic carbocycles. The first-order valence-electron chi connectivity index (χ1n) is 7.67. The average molecular weight is 362 g/mol. The number of phenols is 2. The van der Waals surface area contributed by atoms with Crippen LogP contribution in [0.25, 0.3) is 0 Å². The lowest BCUT2D eigenvalue weighted by atomic mass is 9.68. The van der Waals surface area contributed by atoms with Crippen LogP contribution in [0.4, 0.5) is 17.6 Å². The SMILES string of the molecule is Oc1ccc(C(c2ccc(O)cc2)(c2cccc(F)c2)C(F)(F)F)cc1. The summed E-state index contributed by atoms with van der Waals surface area (Å²) in [6.45, 7) is 0. The van der Waals surface area contributed by atoms with Crippen LogP contribution in [-0.2, 0) is 5.41 Å². The van der Waals surface area contributed by atoms with Gasteiger partial charge in [0.05, 0.1) is 0 Å². The van der Waals surface area contributed by atoms with Crippen molar-refractivity contribution in [2.45, 2.75) is 11.6 Å². The fourth-order valence-electron chi connectivity index (χ4n) is 3.14. The van der Waals surface area contributed by atoms with Crippen molar-refractivity contribution in [3.05, 3.63) is 95.3 Å². The van der Waals surface area contributed by atoms with E-state index in [1.807, 2.05) is 0 Å². The minimum Gasteiger partial charge on any atom is -0.508 e. The van der Waals surface area contributed by atoms with Gasteiger partial charge >= 0.3 is 6.18 Å². The number of rotatable bonds is 3. The van der Waals surface area contributed by atoms with E-state index in [0.717, 1.165) is 60.7 Å². The number of phenolic OH excluding ortho intramolecular Hbond substituents is 2. The average Bonchev–Trinajstić information content (AvgIpc) is 2.57. The maximum absolute atomic E-state index is 14.5. The van der Waals surface area contributed by atoms with E-state index in [0.29, 0.717) is 0 Å². The summed E-state index contributed by atoms with van der Waals surface area (Å²) in [5.41, 5.74) is -3.34. The third-order valence-corrected chi connectivity index (χ3v) is 4.28. The number of hydrogen-bond donors (Lipinski definition) is 2. The van der Waals surface area contributed by atoms with E-state index >= 15 is 0 Å². The molecule has 0 bridgehead atoms. The zero-order valence-electron chi connectivity index (χ0n) is 13.3. The summed E-state index contributed by atoms with van der Waals surface area (Å²) in [6.07, 6.45) is -4.82. The van der Waals surface area contributed by atoms with Gasteiger partial charge in [0.25, 0.3) is 0 Å². The lowest BCUT2D eigenvalue weighted by Crippen LogP contribution is -2.44. The van der Waals surface area contributed by atoms with E-state index in [2.05, 4.69) is 0 Å². The van der Waals surface area contributed by atoms with Gasteiger partial charge in [-0.25, -0.2) is 4.39 Å². The highest BCUT2D eigenvalue weighted by atomic mass is 19.4. The van der Waals surface area contributed by atoms with Gasteiger partial charge in [0.1, 0.15) is 22.7 Å². The van der Waals surface area contributed by atoms with Gasteiger partial charge in [-0.3, -0.25) is 0 Å². The molecule has 2 N–H and O–H groups in total. The van der Waals surface area contributed by atoms with Crippen molar-refractivity contribution in [1.29, 1.82) is 0 Å². The summed E-state index contributed by atoms with van der Waals surface area (Å²) in [5, 5.41) is 18.9. The fourth-order valence-corrected chi connectivity index (χ4v) is 3.14. The molecule has 0 unspecified atom stereocenters. The van der Waals surface area contributed by atoms with Crippen LogP contribution in [0.5, 0.6) is 11.5 Å². The summed E-state index contributed by atoms with van der Waals surface area (Å²) in [6, 6.07) is 13.5. The van der Waals surface area contributed by atoms with Crippen LogP contribution in [0.3, 0.4) is 0 Å². The quantitative estimate of drug-likeness (QED) is 0.501. The van der Waals surface area contributed by atoms with Crippen molar-refractivity contribution in [3.8, 4) is 11.5 Å². The first kappa shape index (κ1) is 17.8. The molecule has 26 heavy (non-hydrogen) atoms. The molecular formula is C20H14F4O2. The van der Waals surface area contributed by atoms with Crippen molar-refractivity contribution in [1.82, 2.24) is 0 Å². The molecule has 0 saturated heterocycles. The number of halogens is 4. The van der Waals surface area contributed by atoms with Gasteiger partial charge in [0.15, 0.2) is 0 Å². The second kappa shape index (κ2) is 6.37. The summed E-state index contributed by atoms with van der Waals surface area (Å²) in [4.78, 5) is 0. The fraction of sp³-hybridized carbons (Fsp3) is 0.100. The molecule has 0 aliphatic heterocycles. The first-order valence-corrected chi connectivity index (χ1v) is 7.67.